The van der Waals surface area contributed by atoms with Crippen molar-refractivity contribution in [3.63, 3.8) is 0 Å². The van der Waals surface area contributed by atoms with E-state index in [1.807, 2.05) is 0 Å². The van der Waals surface area contributed by atoms with Gasteiger partial charge in [-0.05, 0) is 51.4 Å². The Morgan fingerprint density at radius 3 is 0.854 bits per heavy atom. The number of ether oxygens (including phenoxy) is 2. The third-order valence-corrected chi connectivity index (χ3v) is 20.5. The van der Waals surface area contributed by atoms with Gasteiger partial charge in [0, 0.05) is 19.4 Å². The smallest absolute Gasteiger partial charge is 0.462 e. The first-order valence-electron chi connectivity index (χ1n) is 42.6. The number of carbonyl (C=O) groups is 2. The van der Waals surface area contributed by atoms with Crippen molar-refractivity contribution < 1.29 is 37.6 Å². The fraction of sp³-hybridized carbons (Fsp3) is 0.884. The van der Waals surface area contributed by atoms with Crippen LogP contribution in [-0.4, -0.2) is 49.3 Å². The number of esters is 2. The van der Waals surface area contributed by atoms with E-state index in [9.17, 15) is 19.0 Å². The van der Waals surface area contributed by atoms with Gasteiger partial charge in [0.1, 0.15) is 6.61 Å². The molecule has 0 aromatic carbocycles. The third-order valence-electron chi connectivity index (χ3n) is 19.5. The number of hydrogen-bond acceptors (Lipinski definition) is 8. The van der Waals surface area contributed by atoms with Gasteiger partial charge in [0.25, 0.3) is 0 Å². The molecular weight excluding hydrogens is 1210 g/mol. The Bertz CT molecular complexity index is 1720. The van der Waals surface area contributed by atoms with Gasteiger partial charge in [0.2, 0.25) is 0 Å². The summed E-state index contributed by atoms with van der Waals surface area (Å²) >= 11 is 0. The lowest BCUT2D eigenvalue weighted by Crippen LogP contribution is -2.29. The summed E-state index contributed by atoms with van der Waals surface area (Å²) in [5.41, 5.74) is 5.42. The van der Waals surface area contributed by atoms with Gasteiger partial charge >= 0.3 is 19.8 Å². The second kappa shape index (κ2) is 81.9. The van der Waals surface area contributed by atoms with Gasteiger partial charge in [0.05, 0.1) is 13.2 Å². The van der Waals surface area contributed by atoms with Crippen LogP contribution in [0, 0.1) is 0 Å². The summed E-state index contributed by atoms with van der Waals surface area (Å²) in [6.45, 7) is 3.73. The molecular formula is C86H164NO8P. The molecule has 10 heteroatoms. The van der Waals surface area contributed by atoms with E-state index in [1.54, 1.807) is 0 Å². The van der Waals surface area contributed by atoms with Crippen LogP contribution in [0.2, 0.25) is 0 Å². The molecule has 0 radical (unpaired) electrons. The molecule has 0 fully saturated rings. The van der Waals surface area contributed by atoms with Crippen molar-refractivity contribution >= 4 is 19.8 Å². The summed E-state index contributed by atoms with van der Waals surface area (Å²) in [6.07, 6.45) is 107. The highest BCUT2D eigenvalue weighted by Gasteiger charge is 2.26. The van der Waals surface area contributed by atoms with E-state index in [0.717, 1.165) is 57.8 Å². The van der Waals surface area contributed by atoms with E-state index in [0.29, 0.717) is 6.42 Å². The van der Waals surface area contributed by atoms with Crippen LogP contribution >= 0.6 is 7.82 Å². The molecule has 0 saturated heterocycles. The van der Waals surface area contributed by atoms with E-state index in [4.69, 9.17) is 24.3 Å². The molecule has 0 amide bonds. The van der Waals surface area contributed by atoms with E-state index in [-0.39, 0.29) is 38.6 Å². The quantitative estimate of drug-likeness (QED) is 0.0264. The molecule has 2 atom stereocenters. The molecule has 9 nitrogen and oxygen atoms in total. The van der Waals surface area contributed by atoms with Crippen LogP contribution < -0.4 is 5.73 Å². The minimum absolute atomic E-state index is 0.0568. The minimum Gasteiger partial charge on any atom is -0.462 e. The van der Waals surface area contributed by atoms with Gasteiger partial charge in [-0.2, -0.15) is 0 Å². The largest absolute Gasteiger partial charge is 0.472 e. The fourth-order valence-corrected chi connectivity index (χ4v) is 14.0. The zero-order chi connectivity index (χ0) is 69.3. The maximum Gasteiger partial charge on any atom is 0.472 e. The van der Waals surface area contributed by atoms with E-state index in [1.165, 1.54) is 366 Å². The van der Waals surface area contributed by atoms with Crippen molar-refractivity contribution in [2.75, 3.05) is 26.4 Å². The highest BCUT2D eigenvalue weighted by Crippen LogP contribution is 2.43. The number of allylic oxidation sites excluding steroid dienone is 8. The highest BCUT2D eigenvalue weighted by molar-refractivity contribution is 7.47. The molecule has 0 aliphatic carbocycles. The average molecular weight is 1370 g/mol. The van der Waals surface area contributed by atoms with Crippen molar-refractivity contribution in [2.24, 2.45) is 5.73 Å². The SMILES string of the molecule is CC/C=C\C/C=C\C/C=C\C/C=C\CCCCCCCCCCCCCCCCCCCCCCCCCCCCC(=O)OC(COC(=O)CCCCCCCCCCCCCCCCCCCCCCCCCCCCCCCCCCCCCC)COP(=O)(O)OCCN. The lowest BCUT2D eigenvalue weighted by molar-refractivity contribution is -0.161. The molecule has 2 unspecified atom stereocenters. The van der Waals surface area contributed by atoms with E-state index >= 15 is 0 Å². The lowest BCUT2D eigenvalue weighted by atomic mass is 10.0. The van der Waals surface area contributed by atoms with Crippen LogP contribution in [0.1, 0.15) is 457 Å². The number of carbonyl (C=O) groups excluding carboxylic acids is 2. The Morgan fingerprint density at radius 1 is 0.323 bits per heavy atom. The second-order valence-corrected chi connectivity index (χ2v) is 30.5. The molecule has 0 aliphatic heterocycles. The number of phosphoric ester groups is 1. The number of nitrogens with two attached hydrogens (primary N) is 1. The van der Waals surface area contributed by atoms with Crippen molar-refractivity contribution in [2.45, 2.75) is 463 Å². The Balaban J connectivity index is 3.71. The first kappa shape index (κ1) is 94.0. The normalized spacial score (nSPS) is 13.0. The van der Waals surface area contributed by atoms with Crippen LogP contribution in [0.3, 0.4) is 0 Å². The summed E-state index contributed by atoms with van der Waals surface area (Å²) in [4.78, 5) is 35.5. The average Bonchev–Trinajstić information content (AvgIpc) is 3.21. The summed E-state index contributed by atoms with van der Waals surface area (Å²) in [5, 5.41) is 0. The molecule has 0 bridgehead atoms. The molecule has 0 heterocycles. The van der Waals surface area contributed by atoms with Crippen LogP contribution in [0.5, 0.6) is 0 Å². The van der Waals surface area contributed by atoms with Crippen LogP contribution in [0.4, 0.5) is 0 Å². The Kier molecular flexibility index (Phi) is 80.2. The molecule has 0 spiro atoms. The van der Waals surface area contributed by atoms with Gasteiger partial charge in [-0.25, -0.2) is 4.57 Å². The standard InChI is InChI=1S/C86H164NO8P/c1-3-5-7-9-11-13-15-17-19-21-23-25-27-29-31-33-35-37-39-41-42-43-45-47-49-51-53-55-57-59-61-63-65-67-69-71-73-75-77-79-86(89)95-84(83-94-96(90,91)93-81-80-87)82-92-85(88)78-76-74-72-70-68-66-64-62-60-58-56-54-52-50-48-46-44-40-38-36-34-32-30-28-26-24-22-20-18-16-14-12-10-8-6-4-2/h5,7,11,13,17,19,23,25,84H,3-4,6,8-10,12,14-16,18,20-22,24,26-83,87H2,1-2H3,(H,90,91)/b7-5-,13-11-,19-17-,25-23-. The van der Waals surface area contributed by atoms with Crippen molar-refractivity contribution in [3.05, 3.63) is 48.6 Å². The molecule has 0 aromatic heterocycles. The highest BCUT2D eigenvalue weighted by atomic mass is 31.2. The van der Waals surface area contributed by atoms with Crippen LogP contribution in [0.25, 0.3) is 0 Å². The van der Waals surface area contributed by atoms with Crippen molar-refractivity contribution in [1.82, 2.24) is 0 Å². The van der Waals surface area contributed by atoms with Gasteiger partial charge in [-0.15, -0.1) is 0 Å². The summed E-state index contributed by atoms with van der Waals surface area (Å²) in [7, 11) is -4.39. The van der Waals surface area contributed by atoms with Gasteiger partial charge in [-0.3, -0.25) is 18.6 Å². The molecule has 3 N–H and O–H groups in total. The summed E-state index contributed by atoms with van der Waals surface area (Å²) in [6, 6.07) is 0. The lowest BCUT2D eigenvalue weighted by Gasteiger charge is -2.19. The molecule has 566 valence electrons. The Morgan fingerprint density at radius 2 is 0.573 bits per heavy atom. The molecule has 0 aliphatic rings. The molecule has 0 saturated carbocycles. The first-order chi connectivity index (χ1) is 47.3. The van der Waals surface area contributed by atoms with Crippen LogP contribution in [-0.2, 0) is 32.7 Å². The predicted molar refractivity (Wildman–Crippen MR) is 418 cm³/mol. The molecule has 0 aromatic rings. The Hall–Kier alpha value is -2.03. The second-order valence-electron chi connectivity index (χ2n) is 29.0. The maximum atomic E-state index is 12.8. The van der Waals surface area contributed by atoms with Gasteiger partial charge in [-0.1, -0.05) is 441 Å². The van der Waals surface area contributed by atoms with Gasteiger partial charge in [0.15, 0.2) is 6.10 Å². The number of rotatable bonds is 82. The van der Waals surface area contributed by atoms with Gasteiger partial charge < -0.3 is 20.1 Å². The van der Waals surface area contributed by atoms with Crippen molar-refractivity contribution in [3.8, 4) is 0 Å². The minimum atomic E-state index is -4.39. The van der Waals surface area contributed by atoms with E-state index < -0.39 is 26.5 Å². The monoisotopic (exact) mass is 1370 g/mol. The fourth-order valence-electron chi connectivity index (χ4n) is 13.2. The molecule has 96 heavy (non-hydrogen) atoms. The zero-order valence-corrected chi connectivity index (χ0v) is 65.0. The van der Waals surface area contributed by atoms with Crippen molar-refractivity contribution in [1.29, 1.82) is 0 Å². The zero-order valence-electron chi connectivity index (χ0n) is 64.1. The Labute approximate surface area is 597 Å². The van der Waals surface area contributed by atoms with E-state index in [2.05, 4.69) is 62.5 Å². The summed E-state index contributed by atoms with van der Waals surface area (Å²) in [5.74, 6) is -0.798. The predicted octanol–water partition coefficient (Wildman–Crippen LogP) is 28.7. The van der Waals surface area contributed by atoms with Crippen LogP contribution in [0.15, 0.2) is 48.6 Å². The molecule has 0 rings (SSSR count). The number of hydrogen-bond donors (Lipinski definition) is 2. The number of phosphoric acid groups is 1. The first-order valence-corrected chi connectivity index (χ1v) is 44.1. The third kappa shape index (κ3) is 80.9. The number of unbranched alkanes of at least 4 members (excludes halogenated alkanes) is 61. The summed E-state index contributed by atoms with van der Waals surface area (Å²) < 4.78 is 33.3. The maximum absolute atomic E-state index is 12.8. The topological polar surface area (TPSA) is 134 Å².